The Kier molecular flexibility index (Phi) is 9.32. The molecule has 0 spiro atoms. The average Bonchev–Trinajstić information content (AvgIpc) is 3.06. The van der Waals surface area contributed by atoms with Crippen molar-refractivity contribution in [3.05, 3.63) is 64.1 Å². The minimum atomic E-state index is -1.16. The zero-order chi connectivity index (χ0) is 30.8. The van der Waals surface area contributed by atoms with Crippen LogP contribution in [-0.4, -0.2) is 73.0 Å². The molecule has 3 aromatic carbocycles. The number of carboxylic acid groups (broad SMARTS) is 1. The third kappa shape index (κ3) is 6.79. The van der Waals surface area contributed by atoms with E-state index in [0.29, 0.717) is 11.4 Å². The maximum Gasteiger partial charge on any atom is 0.410 e. The first-order valence-corrected chi connectivity index (χ1v) is 14.3. The van der Waals surface area contributed by atoms with Crippen molar-refractivity contribution in [1.82, 2.24) is 10.2 Å². The molecule has 10 nitrogen and oxygen atoms in total. The number of amides is 2. The molecular weight excluding hydrogens is 606 g/mol. The summed E-state index contributed by atoms with van der Waals surface area (Å²) in [6.07, 6.45) is -0.477. The molecule has 11 heteroatoms. The SMILES string of the molecule is COc1ccc2cc(Br)ccc2c1CN1C(=O)[C@@H](NC[C@H](C)N(C)C(=O)OC(C)(C)C)COc2c(C(=O)O)cccc21. The van der Waals surface area contributed by atoms with Gasteiger partial charge >= 0.3 is 12.1 Å². The van der Waals surface area contributed by atoms with E-state index < -0.39 is 23.7 Å². The van der Waals surface area contributed by atoms with Crippen molar-refractivity contribution in [2.75, 3.05) is 32.2 Å². The van der Waals surface area contributed by atoms with Crippen LogP contribution in [0.1, 0.15) is 43.6 Å². The number of para-hydroxylation sites is 1. The number of halogens is 1. The highest BCUT2D eigenvalue weighted by Gasteiger charge is 2.35. The average molecular weight is 643 g/mol. The van der Waals surface area contributed by atoms with Crippen LogP contribution in [0.5, 0.6) is 11.5 Å². The summed E-state index contributed by atoms with van der Waals surface area (Å²) in [4.78, 5) is 41.8. The number of likely N-dealkylation sites (N-methyl/N-ethyl adjacent to an activating group) is 1. The van der Waals surface area contributed by atoms with E-state index in [-0.39, 0.29) is 43.0 Å². The van der Waals surface area contributed by atoms with Crippen molar-refractivity contribution in [3.8, 4) is 11.5 Å². The Balaban J connectivity index is 1.69. The van der Waals surface area contributed by atoms with Gasteiger partial charge in [0.25, 0.3) is 0 Å². The van der Waals surface area contributed by atoms with Gasteiger partial charge in [-0.15, -0.1) is 0 Å². The van der Waals surface area contributed by atoms with Crippen molar-refractivity contribution in [3.63, 3.8) is 0 Å². The summed E-state index contributed by atoms with van der Waals surface area (Å²) >= 11 is 3.52. The molecule has 0 saturated carbocycles. The number of hydrogen-bond donors (Lipinski definition) is 2. The summed E-state index contributed by atoms with van der Waals surface area (Å²) in [5.74, 6) is -0.759. The highest BCUT2D eigenvalue weighted by atomic mass is 79.9. The second-order valence-corrected chi connectivity index (χ2v) is 12.1. The number of carbonyl (C=O) groups excluding carboxylic acids is 2. The molecule has 0 bridgehead atoms. The molecule has 2 atom stereocenters. The fraction of sp³-hybridized carbons (Fsp3) is 0.387. The molecule has 2 amide bonds. The summed E-state index contributed by atoms with van der Waals surface area (Å²) in [5, 5.41) is 15.0. The Hall–Kier alpha value is -3.83. The quantitative estimate of drug-likeness (QED) is 0.333. The van der Waals surface area contributed by atoms with Gasteiger partial charge in [0.15, 0.2) is 5.75 Å². The number of methoxy groups -OCH3 is 1. The summed E-state index contributed by atoms with van der Waals surface area (Å²) in [6.45, 7) is 7.49. The Morgan fingerprint density at radius 3 is 2.62 bits per heavy atom. The maximum atomic E-state index is 14.2. The van der Waals surface area contributed by atoms with E-state index in [1.807, 2.05) is 37.3 Å². The van der Waals surface area contributed by atoms with Crippen LogP contribution in [0.4, 0.5) is 10.5 Å². The molecule has 0 saturated heterocycles. The number of carboxylic acids is 1. The van der Waals surface area contributed by atoms with Crippen LogP contribution in [0, 0.1) is 0 Å². The minimum Gasteiger partial charge on any atom is -0.496 e. The van der Waals surface area contributed by atoms with Crippen molar-refractivity contribution < 1.29 is 33.7 Å². The fourth-order valence-corrected chi connectivity index (χ4v) is 5.11. The van der Waals surface area contributed by atoms with Gasteiger partial charge in [-0.25, -0.2) is 9.59 Å². The molecule has 0 aromatic heterocycles. The van der Waals surface area contributed by atoms with E-state index in [4.69, 9.17) is 14.2 Å². The van der Waals surface area contributed by atoms with Gasteiger partial charge in [-0.1, -0.05) is 34.1 Å². The summed E-state index contributed by atoms with van der Waals surface area (Å²) in [7, 11) is 3.21. The number of anilines is 1. The first kappa shape index (κ1) is 31.1. The molecule has 0 unspecified atom stereocenters. The van der Waals surface area contributed by atoms with Crippen molar-refractivity contribution in [2.45, 2.75) is 51.9 Å². The van der Waals surface area contributed by atoms with Gasteiger partial charge in [0.1, 0.15) is 29.6 Å². The summed E-state index contributed by atoms with van der Waals surface area (Å²) in [5.41, 5.74) is 0.425. The zero-order valence-electron chi connectivity index (χ0n) is 24.6. The van der Waals surface area contributed by atoms with Gasteiger partial charge in [0.2, 0.25) is 5.91 Å². The molecule has 4 rings (SSSR count). The van der Waals surface area contributed by atoms with E-state index in [1.54, 1.807) is 47.1 Å². The fourth-order valence-electron chi connectivity index (χ4n) is 4.73. The lowest BCUT2D eigenvalue weighted by Gasteiger charge is -2.30. The predicted octanol–water partition coefficient (Wildman–Crippen LogP) is 5.45. The van der Waals surface area contributed by atoms with Crippen molar-refractivity contribution >= 4 is 50.4 Å². The van der Waals surface area contributed by atoms with Gasteiger partial charge < -0.3 is 34.4 Å². The normalized spacial score (nSPS) is 15.8. The Bertz CT molecular complexity index is 1500. The number of hydrogen-bond acceptors (Lipinski definition) is 7. The predicted molar refractivity (Wildman–Crippen MR) is 164 cm³/mol. The highest BCUT2D eigenvalue weighted by Crippen LogP contribution is 2.38. The lowest BCUT2D eigenvalue weighted by atomic mass is 10.0. The van der Waals surface area contributed by atoms with Gasteiger partial charge in [0, 0.05) is 29.7 Å². The van der Waals surface area contributed by atoms with Gasteiger partial charge in [-0.2, -0.15) is 0 Å². The summed E-state index contributed by atoms with van der Waals surface area (Å²) in [6, 6.07) is 13.2. The third-order valence-electron chi connectivity index (χ3n) is 7.06. The number of rotatable bonds is 8. The molecule has 2 N–H and O–H groups in total. The van der Waals surface area contributed by atoms with E-state index in [0.717, 1.165) is 20.8 Å². The van der Waals surface area contributed by atoms with E-state index in [2.05, 4.69) is 21.2 Å². The van der Waals surface area contributed by atoms with Crippen LogP contribution < -0.4 is 19.7 Å². The number of nitrogens with one attached hydrogen (secondary N) is 1. The second kappa shape index (κ2) is 12.6. The topological polar surface area (TPSA) is 118 Å². The van der Waals surface area contributed by atoms with Gasteiger partial charge in [-0.3, -0.25) is 4.79 Å². The van der Waals surface area contributed by atoms with Gasteiger partial charge in [0.05, 0.1) is 19.3 Å². The molecule has 0 aliphatic carbocycles. The number of aromatic carboxylic acids is 1. The number of nitrogens with zero attached hydrogens (tertiary/aromatic N) is 2. The molecule has 0 fully saturated rings. The number of carbonyl (C=O) groups is 3. The van der Waals surface area contributed by atoms with E-state index in [1.165, 1.54) is 15.9 Å². The Labute approximate surface area is 253 Å². The first-order chi connectivity index (χ1) is 19.8. The van der Waals surface area contributed by atoms with E-state index >= 15 is 0 Å². The van der Waals surface area contributed by atoms with Crippen molar-refractivity contribution in [2.24, 2.45) is 0 Å². The number of ether oxygens (including phenoxy) is 3. The van der Waals surface area contributed by atoms with Crippen LogP contribution >= 0.6 is 15.9 Å². The van der Waals surface area contributed by atoms with Crippen LogP contribution in [-0.2, 0) is 16.1 Å². The molecule has 224 valence electrons. The molecule has 1 heterocycles. The largest absolute Gasteiger partial charge is 0.496 e. The van der Waals surface area contributed by atoms with Crippen LogP contribution in [0.2, 0.25) is 0 Å². The summed E-state index contributed by atoms with van der Waals surface area (Å²) < 4.78 is 18.1. The monoisotopic (exact) mass is 641 g/mol. The lowest BCUT2D eigenvalue weighted by molar-refractivity contribution is -0.121. The Morgan fingerprint density at radius 2 is 1.95 bits per heavy atom. The Morgan fingerprint density at radius 1 is 1.21 bits per heavy atom. The third-order valence-corrected chi connectivity index (χ3v) is 7.56. The smallest absolute Gasteiger partial charge is 0.410 e. The van der Waals surface area contributed by atoms with Crippen LogP contribution in [0.25, 0.3) is 10.8 Å². The number of fused-ring (bicyclic) bond motifs is 2. The molecule has 1 aliphatic rings. The first-order valence-electron chi connectivity index (χ1n) is 13.6. The molecular formula is C31H36BrN3O7. The molecule has 42 heavy (non-hydrogen) atoms. The standard InChI is InChI=1S/C31H36BrN3O7/c1-18(34(5)30(39)42-31(2,3)4)15-33-24-17-41-27-22(29(37)38)8-7-9-25(27)35(28(24)36)16-23-21-12-11-20(32)14-19(21)10-13-26(23)40-6/h7-14,18,24,33H,15-17H2,1-6H3,(H,37,38)/t18-,24-/m0/s1. The minimum absolute atomic E-state index is 0.0437. The van der Waals surface area contributed by atoms with Crippen LogP contribution in [0.3, 0.4) is 0 Å². The lowest BCUT2D eigenvalue weighted by Crippen LogP contribution is -2.52. The van der Waals surface area contributed by atoms with Crippen molar-refractivity contribution in [1.29, 1.82) is 0 Å². The molecule has 0 radical (unpaired) electrons. The van der Waals surface area contributed by atoms with Crippen LogP contribution in [0.15, 0.2) is 53.0 Å². The van der Waals surface area contributed by atoms with Gasteiger partial charge in [-0.05, 0) is 68.8 Å². The zero-order valence-corrected chi connectivity index (χ0v) is 26.1. The maximum absolute atomic E-state index is 14.2. The number of benzene rings is 3. The molecule has 1 aliphatic heterocycles. The molecule has 3 aromatic rings. The second-order valence-electron chi connectivity index (χ2n) is 11.2. The van der Waals surface area contributed by atoms with E-state index in [9.17, 15) is 19.5 Å². The highest BCUT2D eigenvalue weighted by molar-refractivity contribution is 9.10.